The van der Waals surface area contributed by atoms with Crippen LogP contribution in [0.2, 0.25) is 0 Å². The van der Waals surface area contributed by atoms with Crippen molar-refractivity contribution in [1.29, 1.82) is 0 Å². The molecule has 0 radical (unpaired) electrons. The molecule has 0 aromatic carbocycles. The summed E-state index contributed by atoms with van der Waals surface area (Å²) in [4.78, 5) is 21.3. The summed E-state index contributed by atoms with van der Waals surface area (Å²) < 4.78 is 30.7. The Morgan fingerprint density at radius 1 is 1.37 bits per heavy atom. The third-order valence-corrected chi connectivity index (χ3v) is 4.15. The molecule has 0 spiro atoms. The van der Waals surface area contributed by atoms with Gasteiger partial charge in [0.25, 0.3) is 0 Å². The van der Waals surface area contributed by atoms with Gasteiger partial charge in [-0.3, -0.25) is 9.59 Å². The second-order valence-electron chi connectivity index (χ2n) is 4.36. The molecule has 110 valence electrons. The lowest BCUT2D eigenvalue weighted by molar-refractivity contribution is -0.140. The van der Waals surface area contributed by atoms with Gasteiger partial charge in [0.2, 0.25) is 10.0 Å². The Bertz CT molecular complexity index is 427. The van der Waals surface area contributed by atoms with E-state index < -0.39 is 40.5 Å². The molecule has 1 heterocycles. The van der Waals surface area contributed by atoms with Crippen molar-refractivity contribution < 1.29 is 33.0 Å². The average molecular weight is 295 g/mol. The molecule has 3 N–H and O–H groups in total. The molecule has 1 saturated heterocycles. The number of hydrogen-bond donors (Lipinski definition) is 3. The fourth-order valence-corrected chi connectivity index (χ4v) is 3.29. The Labute approximate surface area is 110 Å². The van der Waals surface area contributed by atoms with Crippen LogP contribution in [0.25, 0.3) is 0 Å². The predicted molar refractivity (Wildman–Crippen MR) is 64.2 cm³/mol. The van der Waals surface area contributed by atoms with Gasteiger partial charge in [-0.15, -0.1) is 0 Å². The number of aliphatic carboxylic acids is 2. The van der Waals surface area contributed by atoms with E-state index in [-0.39, 0.29) is 12.2 Å². The Morgan fingerprint density at radius 3 is 2.53 bits per heavy atom. The molecular formula is C10H17NO7S. The molecule has 1 rings (SSSR count). The lowest BCUT2D eigenvalue weighted by Gasteiger charge is -2.16. The summed E-state index contributed by atoms with van der Waals surface area (Å²) in [6.45, 7) is 0.502. The summed E-state index contributed by atoms with van der Waals surface area (Å²) in [7, 11) is -3.81. The quantitative estimate of drug-likeness (QED) is 0.545. The highest BCUT2D eigenvalue weighted by molar-refractivity contribution is 7.89. The zero-order chi connectivity index (χ0) is 14.5. The predicted octanol–water partition coefficient (Wildman–Crippen LogP) is -0.597. The second kappa shape index (κ2) is 6.83. The minimum absolute atomic E-state index is 0.296. The van der Waals surface area contributed by atoms with Crippen molar-refractivity contribution in [1.82, 2.24) is 4.72 Å². The number of nitrogens with one attached hydrogen (secondary N) is 1. The fraction of sp³-hybridized carbons (Fsp3) is 0.800. The Morgan fingerprint density at radius 2 is 2.05 bits per heavy atom. The van der Waals surface area contributed by atoms with E-state index in [0.29, 0.717) is 13.0 Å². The summed E-state index contributed by atoms with van der Waals surface area (Å²) in [6, 6.07) is -1.43. The summed E-state index contributed by atoms with van der Waals surface area (Å²) in [5.41, 5.74) is 0. The van der Waals surface area contributed by atoms with Gasteiger partial charge in [-0.25, -0.2) is 13.1 Å². The van der Waals surface area contributed by atoms with Crippen molar-refractivity contribution in [2.24, 2.45) is 0 Å². The van der Waals surface area contributed by atoms with Gasteiger partial charge in [-0.05, 0) is 19.3 Å². The topological polar surface area (TPSA) is 130 Å². The summed E-state index contributed by atoms with van der Waals surface area (Å²) >= 11 is 0. The molecule has 0 aliphatic carbocycles. The third kappa shape index (κ3) is 5.99. The number of rotatable bonds is 8. The van der Waals surface area contributed by atoms with Gasteiger partial charge in [-0.1, -0.05) is 0 Å². The molecule has 2 atom stereocenters. The van der Waals surface area contributed by atoms with Gasteiger partial charge in [0, 0.05) is 13.0 Å². The number of carbonyl (C=O) groups is 2. The molecule has 0 aromatic rings. The van der Waals surface area contributed by atoms with E-state index in [1.807, 2.05) is 4.72 Å². The largest absolute Gasteiger partial charge is 0.481 e. The maximum absolute atomic E-state index is 11.7. The van der Waals surface area contributed by atoms with E-state index in [9.17, 15) is 18.0 Å². The minimum atomic E-state index is -3.81. The van der Waals surface area contributed by atoms with Gasteiger partial charge in [-0.2, -0.15) is 0 Å². The maximum Gasteiger partial charge on any atom is 0.321 e. The SMILES string of the molecule is O=C(O)CC[C@H](NS(=O)(=O)CC1CCCO1)C(=O)O. The molecule has 0 bridgehead atoms. The van der Waals surface area contributed by atoms with Crippen LogP contribution in [-0.2, 0) is 24.3 Å². The van der Waals surface area contributed by atoms with Crippen molar-refractivity contribution in [3.63, 3.8) is 0 Å². The number of hydrogen-bond acceptors (Lipinski definition) is 5. The van der Waals surface area contributed by atoms with Crippen molar-refractivity contribution in [3.05, 3.63) is 0 Å². The van der Waals surface area contributed by atoms with Crippen molar-refractivity contribution >= 4 is 22.0 Å². The monoisotopic (exact) mass is 295 g/mol. The van der Waals surface area contributed by atoms with Gasteiger partial charge in [0.15, 0.2) is 0 Å². The highest BCUT2D eigenvalue weighted by Crippen LogP contribution is 2.14. The lowest BCUT2D eigenvalue weighted by Crippen LogP contribution is -2.43. The zero-order valence-corrected chi connectivity index (χ0v) is 11.1. The number of carboxylic acids is 2. The fourth-order valence-electron chi connectivity index (χ4n) is 1.79. The molecule has 0 amide bonds. The van der Waals surface area contributed by atoms with Crippen molar-refractivity contribution in [2.45, 2.75) is 37.8 Å². The van der Waals surface area contributed by atoms with Crippen LogP contribution in [0.5, 0.6) is 0 Å². The summed E-state index contributed by atoms with van der Waals surface area (Å²) in [5, 5.41) is 17.3. The zero-order valence-electron chi connectivity index (χ0n) is 10.2. The Kier molecular flexibility index (Phi) is 5.70. The summed E-state index contributed by atoms with van der Waals surface area (Å²) in [6.07, 6.45) is 0.260. The summed E-state index contributed by atoms with van der Waals surface area (Å²) in [5.74, 6) is -2.87. The molecule has 9 heteroatoms. The molecule has 0 saturated carbocycles. The number of ether oxygens (including phenoxy) is 1. The van der Waals surface area contributed by atoms with E-state index in [1.54, 1.807) is 0 Å². The highest BCUT2D eigenvalue weighted by Gasteiger charge is 2.28. The second-order valence-corrected chi connectivity index (χ2v) is 6.16. The molecule has 1 aliphatic heterocycles. The first-order valence-electron chi connectivity index (χ1n) is 5.86. The van der Waals surface area contributed by atoms with E-state index in [0.717, 1.165) is 6.42 Å². The molecule has 1 fully saturated rings. The highest BCUT2D eigenvalue weighted by atomic mass is 32.2. The molecule has 1 unspecified atom stereocenters. The molecule has 0 aromatic heterocycles. The van der Waals surface area contributed by atoms with Gasteiger partial charge >= 0.3 is 11.9 Å². The smallest absolute Gasteiger partial charge is 0.321 e. The van der Waals surface area contributed by atoms with Crippen LogP contribution in [0.4, 0.5) is 0 Å². The average Bonchev–Trinajstić information content (AvgIpc) is 2.75. The third-order valence-electron chi connectivity index (χ3n) is 2.70. The van der Waals surface area contributed by atoms with Gasteiger partial charge in [0.1, 0.15) is 6.04 Å². The van der Waals surface area contributed by atoms with Crippen LogP contribution in [0.3, 0.4) is 0 Å². The lowest BCUT2D eigenvalue weighted by atomic mass is 10.2. The first-order valence-corrected chi connectivity index (χ1v) is 7.51. The van der Waals surface area contributed by atoms with Crippen LogP contribution >= 0.6 is 0 Å². The van der Waals surface area contributed by atoms with E-state index in [1.165, 1.54) is 0 Å². The Hall–Kier alpha value is -1.19. The first-order chi connectivity index (χ1) is 8.80. The van der Waals surface area contributed by atoms with Crippen LogP contribution in [0.1, 0.15) is 25.7 Å². The van der Waals surface area contributed by atoms with Crippen molar-refractivity contribution in [3.8, 4) is 0 Å². The van der Waals surface area contributed by atoms with E-state index in [2.05, 4.69) is 0 Å². The Balaban J connectivity index is 2.55. The van der Waals surface area contributed by atoms with Gasteiger partial charge in [0.05, 0.1) is 11.9 Å². The molecule has 19 heavy (non-hydrogen) atoms. The van der Waals surface area contributed by atoms with Gasteiger partial charge < -0.3 is 14.9 Å². The van der Waals surface area contributed by atoms with E-state index >= 15 is 0 Å². The maximum atomic E-state index is 11.7. The number of sulfonamides is 1. The number of carboxylic acid groups (broad SMARTS) is 2. The van der Waals surface area contributed by atoms with Crippen molar-refractivity contribution in [2.75, 3.05) is 12.4 Å². The van der Waals surface area contributed by atoms with Crippen LogP contribution in [0, 0.1) is 0 Å². The molecular weight excluding hydrogens is 278 g/mol. The van der Waals surface area contributed by atoms with Crippen LogP contribution in [0.15, 0.2) is 0 Å². The van der Waals surface area contributed by atoms with Crippen LogP contribution < -0.4 is 4.72 Å². The molecule has 8 nitrogen and oxygen atoms in total. The molecule has 1 aliphatic rings. The standard InChI is InChI=1S/C10H17NO7S/c12-9(13)4-3-8(10(14)15)11-19(16,17)6-7-2-1-5-18-7/h7-8,11H,1-6H2,(H,12,13)(H,14,15)/t7?,8-/m0/s1. The minimum Gasteiger partial charge on any atom is -0.481 e. The van der Waals surface area contributed by atoms with Crippen LogP contribution in [-0.4, -0.2) is 55.1 Å². The van der Waals surface area contributed by atoms with E-state index in [4.69, 9.17) is 14.9 Å². The first kappa shape index (κ1) is 15.9. The normalized spacial score (nSPS) is 21.2.